The number of thiophene rings is 1. The van der Waals surface area contributed by atoms with Crippen molar-refractivity contribution in [2.24, 2.45) is 0 Å². The maximum Gasteiger partial charge on any atom is 0.291 e. The second kappa shape index (κ2) is 8.68. The van der Waals surface area contributed by atoms with E-state index >= 15 is 0 Å². The lowest BCUT2D eigenvalue weighted by Gasteiger charge is -2.35. The Kier molecular flexibility index (Phi) is 5.85. The van der Waals surface area contributed by atoms with Crippen molar-refractivity contribution < 1.29 is 13.9 Å². The molecule has 6 nitrogen and oxygen atoms in total. The van der Waals surface area contributed by atoms with Crippen LogP contribution in [0.15, 0.2) is 53.4 Å². The van der Waals surface area contributed by atoms with Crippen molar-refractivity contribution in [1.82, 2.24) is 9.88 Å². The Morgan fingerprint density at radius 2 is 2.18 bits per heavy atom. The van der Waals surface area contributed by atoms with Crippen LogP contribution in [-0.4, -0.2) is 42.1 Å². The summed E-state index contributed by atoms with van der Waals surface area (Å²) in [6.07, 6.45) is 6.11. The average Bonchev–Trinajstić information content (AvgIpc) is 3.41. The van der Waals surface area contributed by atoms with Crippen LogP contribution in [0.1, 0.15) is 39.5 Å². The van der Waals surface area contributed by atoms with Gasteiger partial charge in [0, 0.05) is 35.9 Å². The minimum absolute atomic E-state index is 0.0149. The molecule has 1 amide bonds. The van der Waals surface area contributed by atoms with E-state index in [4.69, 9.17) is 9.15 Å². The molecule has 146 valence electrons. The van der Waals surface area contributed by atoms with E-state index in [2.05, 4.69) is 34.3 Å². The summed E-state index contributed by atoms with van der Waals surface area (Å²) in [4.78, 5) is 20.6. The predicted molar refractivity (Wildman–Crippen MR) is 109 cm³/mol. The van der Waals surface area contributed by atoms with Gasteiger partial charge in [0.15, 0.2) is 5.76 Å². The molecule has 0 saturated carbocycles. The highest BCUT2D eigenvalue weighted by Gasteiger charge is 2.29. The lowest BCUT2D eigenvalue weighted by atomic mass is 9.99. The molecule has 7 heteroatoms. The molecule has 1 saturated heterocycles. The number of ether oxygens (including phenoxy) is 1. The quantitative estimate of drug-likeness (QED) is 0.682. The number of nitrogens with zero attached hydrogens (tertiary/aromatic N) is 2. The molecule has 0 aromatic carbocycles. The monoisotopic (exact) mass is 397 g/mol. The van der Waals surface area contributed by atoms with Crippen LogP contribution in [0.4, 0.5) is 5.00 Å². The van der Waals surface area contributed by atoms with Crippen molar-refractivity contribution in [1.29, 1.82) is 0 Å². The normalized spacial score (nSPS) is 16.0. The summed E-state index contributed by atoms with van der Waals surface area (Å²) in [6.45, 7) is 5.21. The van der Waals surface area contributed by atoms with E-state index in [9.17, 15) is 4.79 Å². The van der Waals surface area contributed by atoms with Crippen molar-refractivity contribution in [3.8, 4) is 0 Å². The Balaban J connectivity index is 1.72. The lowest BCUT2D eigenvalue weighted by Crippen LogP contribution is -2.39. The highest BCUT2D eigenvalue weighted by Crippen LogP contribution is 2.39. The fourth-order valence-electron chi connectivity index (χ4n) is 3.47. The van der Waals surface area contributed by atoms with Crippen LogP contribution in [0.5, 0.6) is 0 Å². The molecule has 1 unspecified atom stereocenters. The molecule has 4 rings (SSSR count). The maximum atomic E-state index is 12.6. The van der Waals surface area contributed by atoms with E-state index in [1.165, 1.54) is 11.1 Å². The number of morpholine rings is 1. The van der Waals surface area contributed by atoms with Gasteiger partial charge in [-0.1, -0.05) is 13.0 Å². The third kappa shape index (κ3) is 4.01. The zero-order valence-electron chi connectivity index (χ0n) is 15.8. The van der Waals surface area contributed by atoms with Gasteiger partial charge in [0.25, 0.3) is 5.91 Å². The fourth-order valence-corrected chi connectivity index (χ4v) is 4.49. The van der Waals surface area contributed by atoms with E-state index in [1.54, 1.807) is 29.7 Å². The van der Waals surface area contributed by atoms with Gasteiger partial charge in [-0.25, -0.2) is 0 Å². The van der Waals surface area contributed by atoms with Crippen LogP contribution >= 0.6 is 11.3 Å². The summed E-state index contributed by atoms with van der Waals surface area (Å²) in [5.74, 6) is 0.0735. The summed E-state index contributed by atoms with van der Waals surface area (Å²) in [5, 5.41) is 3.92. The van der Waals surface area contributed by atoms with Gasteiger partial charge in [-0.05, 0) is 36.2 Å². The highest BCUT2D eigenvalue weighted by molar-refractivity contribution is 7.16. The maximum absolute atomic E-state index is 12.6. The van der Waals surface area contributed by atoms with E-state index in [-0.39, 0.29) is 11.9 Å². The third-order valence-corrected chi connectivity index (χ3v) is 6.05. The predicted octanol–water partition coefficient (Wildman–Crippen LogP) is 3.97. The molecule has 3 aromatic rings. The number of anilines is 1. The van der Waals surface area contributed by atoms with E-state index in [1.807, 2.05) is 12.3 Å². The first-order valence-corrected chi connectivity index (χ1v) is 10.3. The van der Waals surface area contributed by atoms with Crippen molar-refractivity contribution in [2.75, 3.05) is 31.6 Å². The van der Waals surface area contributed by atoms with Crippen LogP contribution in [0.2, 0.25) is 0 Å². The number of amides is 1. The number of carbonyl (C=O) groups excluding carboxylic acids is 1. The van der Waals surface area contributed by atoms with E-state index in [0.717, 1.165) is 35.6 Å². The van der Waals surface area contributed by atoms with Crippen molar-refractivity contribution in [3.05, 3.63) is 70.8 Å². The van der Waals surface area contributed by atoms with Gasteiger partial charge in [0.1, 0.15) is 5.00 Å². The molecule has 3 aromatic heterocycles. The zero-order chi connectivity index (χ0) is 19.3. The average molecular weight is 398 g/mol. The number of rotatable bonds is 6. The molecular formula is C21H23N3O3S. The number of pyridine rings is 1. The standard InChI is InChI=1S/C21H23N3O3S/c1-2-16-13-17(21(28-16)23-20(25)18-6-4-10-27-18)19(15-5-3-7-22-14-15)24-8-11-26-12-9-24/h3-7,10,13-14,19H,2,8-9,11-12H2,1H3,(H,23,25). The molecule has 0 bridgehead atoms. The molecule has 28 heavy (non-hydrogen) atoms. The summed E-state index contributed by atoms with van der Waals surface area (Å²) in [6, 6.07) is 9.65. The summed E-state index contributed by atoms with van der Waals surface area (Å²) in [7, 11) is 0. The first-order valence-electron chi connectivity index (χ1n) is 9.45. The Morgan fingerprint density at radius 1 is 1.32 bits per heavy atom. The van der Waals surface area contributed by atoms with Crippen LogP contribution in [0, 0.1) is 0 Å². The number of hydrogen-bond acceptors (Lipinski definition) is 6. The Bertz CT molecular complexity index is 902. The topological polar surface area (TPSA) is 67.6 Å². The van der Waals surface area contributed by atoms with E-state index in [0.29, 0.717) is 19.0 Å². The van der Waals surface area contributed by atoms with Gasteiger partial charge in [-0.2, -0.15) is 0 Å². The molecule has 4 heterocycles. The Labute approximate surface area is 168 Å². The van der Waals surface area contributed by atoms with Crippen molar-refractivity contribution in [2.45, 2.75) is 19.4 Å². The van der Waals surface area contributed by atoms with Gasteiger partial charge < -0.3 is 14.5 Å². The first kappa shape index (κ1) is 18.9. The van der Waals surface area contributed by atoms with E-state index < -0.39 is 0 Å². The zero-order valence-corrected chi connectivity index (χ0v) is 16.6. The van der Waals surface area contributed by atoms with Crippen LogP contribution in [-0.2, 0) is 11.2 Å². The Morgan fingerprint density at radius 3 is 2.86 bits per heavy atom. The summed E-state index contributed by atoms with van der Waals surface area (Å²) < 4.78 is 10.8. The number of furan rings is 1. The third-order valence-electron chi connectivity index (χ3n) is 4.84. The number of carbonyl (C=O) groups is 1. The van der Waals surface area contributed by atoms with Crippen molar-refractivity contribution >= 4 is 22.2 Å². The molecule has 0 radical (unpaired) electrons. The first-order chi connectivity index (χ1) is 13.8. The van der Waals surface area contributed by atoms with Gasteiger partial charge in [-0.3, -0.25) is 14.7 Å². The van der Waals surface area contributed by atoms with Gasteiger partial charge in [-0.15, -0.1) is 11.3 Å². The number of nitrogens with one attached hydrogen (secondary N) is 1. The molecule has 0 aliphatic carbocycles. The second-order valence-corrected chi connectivity index (χ2v) is 7.76. The second-order valence-electron chi connectivity index (χ2n) is 6.62. The van der Waals surface area contributed by atoms with Crippen LogP contribution in [0.3, 0.4) is 0 Å². The molecule has 0 spiro atoms. The number of aromatic nitrogens is 1. The minimum atomic E-state index is -0.234. The van der Waals surface area contributed by atoms with Gasteiger partial charge in [0.05, 0.1) is 25.5 Å². The number of hydrogen-bond donors (Lipinski definition) is 1. The SMILES string of the molecule is CCc1cc(C(c2cccnc2)N2CCOCC2)c(NC(=O)c2ccco2)s1. The molecule has 1 aliphatic rings. The molecule has 1 fully saturated rings. The summed E-state index contributed by atoms with van der Waals surface area (Å²) >= 11 is 1.62. The highest BCUT2D eigenvalue weighted by atomic mass is 32.1. The van der Waals surface area contributed by atoms with Crippen molar-refractivity contribution in [3.63, 3.8) is 0 Å². The molecular weight excluding hydrogens is 374 g/mol. The Hall–Kier alpha value is -2.48. The molecule has 1 N–H and O–H groups in total. The summed E-state index contributed by atoms with van der Waals surface area (Å²) in [5.41, 5.74) is 2.20. The smallest absolute Gasteiger partial charge is 0.291 e. The fraction of sp³-hybridized carbons (Fsp3) is 0.333. The van der Waals surface area contributed by atoms with Gasteiger partial charge in [0.2, 0.25) is 0 Å². The largest absolute Gasteiger partial charge is 0.459 e. The van der Waals surface area contributed by atoms with Crippen LogP contribution < -0.4 is 5.32 Å². The van der Waals surface area contributed by atoms with Crippen LogP contribution in [0.25, 0.3) is 0 Å². The molecule has 1 atom stereocenters. The van der Waals surface area contributed by atoms with Gasteiger partial charge >= 0.3 is 0 Å². The lowest BCUT2D eigenvalue weighted by molar-refractivity contribution is 0.0240. The molecule has 1 aliphatic heterocycles. The number of aryl methyl sites for hydroxylation is 1. The minimum Gasteiger partial charge on any atom is -0.459 e.